The number of aromatic nitrogens is 2. The average Bonchev–Trinajstić information content (AvgIpc) is 4.27. The molecular formula is C72H46N2O2S. The maximum Gasteiger partial charge on any atom is 0.143 e. The van der Waals surface area contributed by atoms with Crippen LogP contribution in [0.2, 0.25) is 0 Å². The first-order valence-corrected chi connectivity index (χ1v) is 27.2. The molecule has 0 fully saturated rings. The number of fused-ring (bicyclic) bond motifs is 12. The first-order chi connectivity index (χ1) is 38.1. The Morgan fingerprint density at radius 2 is 0.805 bits per heavy atom. The van der Waals surface area contributed by atoms with Gasteiger partial charge in [0.15, 0.2) is 0 Å². The molecule has 0 atom stereocenters. The smallest absolute Gasteiger partial charge is 0.143 e. The highest BCUT2D eigenvalue weighted by Gasteiger charge is 2.21. The van der Waals surface area contributed by atoms with Gasteiger partial charge >= 0.3 is 0 Å². The lowest BCUT2D eigenvalue weighted by molar-refractivity contribution is 0.596. The second-order valence-corrected chi connectivity index (χ2v) is 21.4. The maximum absolute atomic E-state index is 6.51. The van der Waals surface area contributed by atoms with Gasteiger partial charge < -0.3 is 18.0 Å². The molecular weight excluding hydrogens is 957 g/mol. The lowest BCUT2D eigenvalue weighted by Gasteiger charge is -2.11. The lowest BCUT2D eigenvalue weighted by Crippen LogP contribution is -1.94. The Morgan fingerprint density at radius 1 is 0.338 bits per heavy atom. The topological polar surface area (TPSA) is 36.1 Å². The molecule has 4 nitrogen and oxygen atoms in total. The summed E-state index contributed by atoms with van der Waals surface area (Å²) in [4.78, 5) is 2.37. The van der Waals surface area contributed by atoms with E-state index >= 15 is 0 Å². The summed E-state index contributed by atoms with van der Waals surface area (Å²) >= 11 is 1.82. The number of aryl methyl sites for hydroxylation is 1. The van der Waals surface area contributed by atoms with E-state index in [1.54, 1.807) is 0 Å². The molecule has 0 N–H and O–H groups in total. The highest BCUT2D eigenvalue weighted by molar-refractivity contribution is 7.99. The van der Waals surface area contributed by atoms with Crippen LogP contribution < -0.4 is 0 Å². The number of furan rings is 2. The number of para-hydroxylation sites is 3. The van der Waals surface area contributed by atoms with Crippen molar-refractivity contribution in [2.24, 2.45) is 0 Å². The van der Waals surface area contributed by atoms with E-state index < -0.39 is 0 Å². The zero-order valence-electron chi connectivity index (χ0n) is 41.8. The van der Waals surface area contributed by atoms with Crippen molar-refractivity contribution in [3.05, 3.63) is 260 Å². The molecule has 0 amide bonds. The van der Waals surface area contributed by atoms with Crippen LogP contribution in [0.3, 0.4) is 0 Å². The number of hydrogen-bond acceptors (Lipinski definition) is 3. The highest BCUT2D eigenvalue weighted by atomic mass is 32.2. The van der Waals surface area contributed by atoms with Gasteiger partial charge in [-0.25, -0.2) is 0 Å². The van der Waals surface area contributed by atoms with Crippen molar-refractivity contribution in [3.63, 3.8) is 0 Å². The Balaban J connectivity index is 0.795. The molecule has 0 aliphatic heterocycles. The normalized spacial score (nSPS) is 12.6. The fourth-order valence-corrected chi connectivity index (χ4v) is 13.1. The van der Waals surface area contributed by atoms with Gasteiger partial charge in [-0.15, -0.1) is 0 Å². The van der Waals surface area contributed by atoms with Gasteiger partial charge in [0.2, 0.25) is 0 Å². The number of hydrogen-bond donors (Lipinski definition) is 0. The minimum Gasteiger partial charge on any atom is -0.456 e. The third-order valence-corrected chi connectivity index (χ3v) is 16.9. The summed E-state index contributed by atoms with van der Waals surface area (Å²) in [5, 5.41) is 8.36. The Kier molecular flexibility index (Phi) is 9.97. The molecule has 0 spiro atoms. The molecule has 0 saturated heterocycles. The van der Waals surface area contributed by atoms with Gasteiger partial charge in [-0.3, -0.25) is 0 Å². The van der Waals surface area contributed by atoms with Crippen LogP contribution >= 0.6 is 11.8 Å². The summed E-state index contributed by atoms with van der Waals surface area (Å²) in [5.41, 5.74) is 20.3. The van der Waals surface area contributed by atoms with Gasteiger partial charge in [0.1, 0.15) is 22.5 Å². The van der Waals surface area contributed by atoms with Crippen LogP contribution in [0.4, 0.5) is 0 Å². The van der Waals surface area contributed by atoms with E-state index in [0.29, 0.717) is 0 Å². The summed E-state index contributed by atoms with van der Waals surface area (Å²) in [5.74, 6) is 0.992. The predicted molar refractivity (Wildman–Crippen MR) is 322 cm³/mol. The molecule has 77 heavy (non-hydrogen) atoms. The van der Waals surface area contributed by atoms with Crippen LogP contribution in [-0.4, -0.2) is 9.13 Å². The fraction of sp³-hybridized carbons (Fsp3) is 0.0278. The van der Waals surface area contributed by atoms with Crippen molar-refractivity contribution in [1.82, 2.24) is 9.13 Å². The molecule has 4 aromatic heterocycles. The third-order valence-electron chi connectivity index (χ3n) is 15.9. The van der Waals surface area contributed by atoms with Gasteiger partial charge in [-0.2, -0.15) is 0 Å². The first kappa shape index (κ1) is 43.8. The standard InChI is InChI=1S/C72H46N2O2S/c1-3-13-45(14-4-1)49-29-37-65-61(41-49)63-43-53(35-39-67(63)73(65)51-31-25-47(26-32-51)55-19-11-21-59-57-17-7-9-23-69(57)75-71(55)59)77-54-36-40-68-64(44-54)62-42-50(46-15-5-2-6-16-46)30-38-66(62)74(68)52-33-27-48(28-34-52)56-20-12-22-60-58-18-8-10-24-70(58)76-72(56)60/h1-7,9-17,19-44H,8,18H2. The minimum atomic E-state index is 0.906. The van der Waals surface area contributed by atoms with Crippen LogP contribution in [0, 0.1) is 0 Å². The van der Waals surface area contributed by atoms with E-state index in [-0.39, 0.29) is 0 Å². The number of allylic oxidation sites excluding steroid dienone is 1. The summed E-state index contributed by atoms with van der Waals surface area (Å²) < 4.78 is 17.8. The maximum atomic E-state index is 6.51. The zero-order valence-corrected chi connectivity index (χ0v) is 42.6. The number of nitrogens with zero attached hydrogens (tertiary/aromatic N) is 2. The van der Waals surface area contributed by atoms with E-state index in [1.165, 1.54) is 81.1 Å². The van der Waals surface area contributed by atoms with Crippen LogP contribution in [-0.2, 0) is 6.42 Å². The van der Waals surface area contributed by atoms with E-state index in [9.17, 15) is 0 Å². The van der Waals surface area contributed by atoms with E-state index in [2.05, 4.69) is 252 Å². The van der Waals surface area contributed by atoms with Crippen LogP contribution in [0.25, 0.3) is 138 Å². The summed E-state index contributed by atoms with van der Waals surface area (Å²) in [6.45, 7) is 0. The molecule has 0 radical (unpaired) electrons. The van der Waals surface area contributed by atoms with E-state index in [1.807, 2.05) is 23.9 Å². The first-order valence-electron chi connectivity index (χ1n) is 26.4. The quantitative estimate of drug-likeness (QED) is 0.152. The predicted octanol–water partition coefficient (Wildman–Crippen LogP) is 20.3. The molecule has 362 valence electrons. The minimum absolute atomic E-state index is 0.906. The van der Waals surface area contributed by atoms with Gasteiger partial charge in [0.05, 0.1) is 22.1 Å². The SMILES string of the molecule is C1=Cc2oc3c(-c4ccc(-n5c6ccc(Sc7ccc8c(c7)c7cc(-c9ccccc9)ccc7n8-c7ccc(-c8cccc9c8oc8ccccc89)cc7)cc6c6cc(-c7ccccc7)ccc65)cc4)cccc3c2CC1. The van der Waals surface area contributed by atoms with E-state index in [4.69, 9.17) is 8.83 Å². The van der Waals surface area contributed by atoms with Crippen LogP contribution in [0.15, 0.2) is 267 Å². The van der Waals surface area contributed by atoms with Crippen molar-refractivity contribution in [2.75, 3.05) is 0 Å². The second-order valence-electron chi connectivity index (χ2n) is 20.3. The van der Waals surface area contributed by atoms with Crippen LogP contribution in [0.5, 0.6) is 0 Å². The number of rotatable bonds is 8. The number of benzene rings is 11. The fourth-order valence-electron chi connectivity index (χ4n) is 12.2. The van der Waals surface area contributed by atoms with Crippen molar-refractivity contribution >= 4 is 94.4 Å². The van der Waals surface area contributed by atoms with Gasteiger partial charge in [0.25, 0.3) is 0 Å². The summed E-state index contributed by atoms with van der Waals surface area (Å²) in [6, 6.07) is 88.5. The lowest BCUT2D eigenvalue weighted by atomic mass is 9.98. The van der Waals surface area contributed by atoms with Gasteiger partial charge in [-0.05, 0) is 143 Å². The van der Waals surface area contributed by atoms with Crippen molar-refractivity contribution in [1.29, 1.82) is 0 Å². The molecule has 16 rings (SSSR count). The second kappa shape index (κ2) is 17.5. The molecule has 1 aliphatic rings. The van der Waals surface area contributed by atoms with Crippen molar-refractivity contribution in [2.45, 2.75) is 22.6 Å². The molecule has 1 aliphatic carbocycles. The van der Waals surface area contributed by atoms with E-state index in [0.717, 1.165) is 85.3 Å². The largest absolute Gasteiger partial charge is 0.456 e. The van der Waals surface area contributed by atoms with Crippen LogP contribution in [0.1, 0.15) is 17.7 Å². The van der Waals surface area contributed by atoms with Gasteiger partial charge in [0, 0.05) is 75.6 Å². The Hall–Kier alpha value is -9.55. The summed E-state index contributed by atoms with van der Waals surface area (Å²) in [7, 11) is 0. The molecule has 0 saturated carbocycles. The molecule has 0 bridgehead atoms. The highest BCUT2D eigenvalue weighted by Crippen LogP contribution is 2.44. The Bertz CT molecular complexity index is 4860. The van der Waals surface area contributed by atoms with Crippen molar-refractivity contribution < 1.29 is 8.83 Å². The average molecular weight is 1000 g/mol. The Labute approximate surface area is 448 Å². The summed E-state index contributed by atoms with van der Waals surface area (Å²) in [6.07, 6.45) is 6.40. The molecule has 0 unspecified atom stereocenters. The molecule has 4 heterocycles. The Morgan fingerprint density at radius 3 is 1.38 bits per heavy atom. The monoisotopic (exact) mass is 1000 g/mol. The van der Waals surface area contributed by atoms with Gasteiger partial charge in [-0.1, -0.05) is 169 Å². The molecule has 11 aromatic carbocycles. The molecule has 15 aromatic rings. The zero-order chi connectivity index (χ0) is 50.6. The third kappa shape index (κ3) is 7.15. The van der Waals surface area contributed by atoms with Crippen molar-refractivity contribution in [3.8, 4) is 55.9 Å². The molecule has 5 heteroatoms.